The standard InChI is InChI=1S/C7H12O2.C6H10O3/c1-4-6(3)9-7(8)5-2;1-3-6(8)9-4-5(2)7/h5-6H,2,4H2,1,3H3;3,5,7H,1,4H2,2H3. The highest BCUT2D eigenvalue weighted by Gasteiger charge is 2.01. The van der Waals surface area contributed by atoms with Crippen molar-refractivity contribution in [3.63, 3.8) is 0 Å². The second kappa shape index (κ2) is 11.9. The van der Waals surface area contributed by atoms with Crippen molar-refractivity contribution in [2.24, 2.45) is 0 Å². The molecule has 0 aliphatic rings. The van der Waals surface area contributed by atoms with Crippen molar-refractivity contribution in [1.82, 2.24) is 0 Å². The van der Waals surface area contributed by atoms with Gasteiger partial charge in [-0.3, -0.25) is 0 Å². The molecule has 104 valence electrons. The topological polar surface area (TPSA) is 72.8 Å². The first kappa shape index (κ1) is 18.7. The lowest BCUT2D eigenvalue weighted by molar-refractivity contribution is -0.142. The zero-order valence-corrected chi connectivity index (χ0v) is 11.2. The molecule has 5 heteroatoms. The predicted molar refractivity (Wildman–Crippen MR) is 68.9 cm³/mol. The third kappa shape index (κ3) is 14.4. The first-order chi connectivity index (χ1) is 8.37. The van der Waals surface area contributed by atoms with Crippen molar-refractivity contribution in [2.45, 2.75) is 39.4 Å². The van der Waals surface area contributed by atoms with E-state index in [2.05, 4.69) is 17.9 Å². The molecular weight excluding hydrogens is 236 g/mol. The largest absolute Gasteiger partial charge is 0.460 e. The summed E-state index contributed by atoms with van der Waals surface area (Å²) in [4.78, 5) is 20.7. The van der Waals surface area contributed by atoms with E-state index in [1.165, 1.54) is 13.0 Å². The Morgan fingerprint density at radius 1 is 1.22 bits per heavy atom. The van der Waals surface area contributed by atoms with Crippen LogP contribution in [-0.2, 0) is 19.1 Å². The Morgan fingerprint density at radius 2 is 1.72 bits per heavy atom. The average molecular weight is 258 g/mol. The lowest BCUT2D eigenvalue weighted by Gasteiger charge is -2.07. The van der Waals surface area contributed by atoms with Gasteiger partial charge in [0.05, 0.1) is 12.2 Å². The normalized spacial score (nSPS) is 12.2. The highest BCUT2D eigenvalue weighted by atomic mass is 16.5. The second-order valence-corrected chi connectivity index (χ2v) is 3.54. The van der Waals surface area contributed by atoms with E-state index in [9.17, 15) is 9.59 Å². The van der Waals surface area contributed by atoms with Crippen LogP contribution in [0.3, 0.4) is 0 Å². The molecule has 18 heavy (non-hydrogen) atoms. The van der Waals surface area contributed by atoms with Crippen LogP contribution in [0, 0.1) is 0 Å². The fraction of sp³-hybridized carbons (Fsp3) is 0.538. The van der Waals surface area contributed by atoms with Gasteiger partial charge in [-0.2, -0.15) is 0 Å². The lowest BCUT2D eigenvalue weighted by atomic mass is 10.3. The van der Waals surface area contributed by atoms with Gasteiger partial charge in [0.25, 0.3) is 0 Å². The molecule has 0 rings (SSSR count). The number of carbonyl (C=O) groups excluding carboxylic acids is 2. The quantitative estimate of drug-likeness (QED) is 0.579. The summed E-state index contributed by atoms with van der Waals surface area (Å²) >= 11 is 0. The summed E-state index contributed by atoms with van der Waals surface area (Å²) in [5.41, 5.74) is 0. The molecule has 2 unspecified atom stereocenters. The Kier molecular flexibility index (Phi) is 12.3. The van der Waals surface area contributed by atoms with Crippen LogP contribution in [0.15, 0.2) is 25.3 Å². The summed E-state index contributed by atoms with van der Waals surface area (Å²) in [6.45, 7) is 11.8. The monoisotopic (exact) mass is 258 g/mol. The van der Waals surface area contributed by atoms with E-state index in [1.54, 1.807) is 0 Å². The van der Waals surface area contributed by atoms with Gasteiger partial charge in [0.1, 0.15) is 6.61 Å². The third-order valence-corrected chi connectivity index (χ3v) is 1.69. The Morgan fingerprint density at radius 3 is 2.06 bits per heavy atom. The summed E-state index contributed by atoms with van der Waals surface area (Å²) in [6, 6.07) is 0. The first-order valence-corrected chi connectivity index (χ1v) is 5.67. The molecule has 0 heterocycles. The number of hydrogen-bond donors (Lipinski definition) is 1. The van der Waals surface area contributed by atoms with Gasteiger partial charge in [0.2, 0.25) is 0 Å². The Labute approximate surface area is 108 Å². The van der Waals surface area contributed by atoms with Crippen LogP contribution in [0.5, 0.6) is 0 Å². The number of aliphatic hydroxyl groups is 1. The van der Waals surface area contributed by atoms with Crippen LogP contribution >= 0.6 is 0 Å². The fourth-order valence-electron chi connectivity index (χ4n) is 0.591. The number of rotatable bonds is 6. The molecule has 0 aliphatic heterocycles. The van der Waals surface area contributed by atoms with Gasteiger partial charge < -0.3 is 14.6 Å². The molecule has 0 saturated carbocycles. The molecule has 1 N–H and O–H groups in total. The minimum absolute atomic E-state index is 0.00972. The fourth-order valence-corrected chi connectivity index (χ4v) is 0.591. The van der Waals surface area contributed by atoms with E-state index in [4.69, 9.17) is 9.84 Å². The minimum Gasteiger partial charge on any atom is -0.460 e. The van der Waals surface area contributed by atoms with Gasteiger partial charge in [-0.1, -0.05) is 20.1 Å². The maximum absolute atomic E-state index is 10.4. The maximum atomic E-state index is 10.4. The van der Waals surface area contributed by atoms with Crippen LogP contribution < -0.4 is 0 Å². The average Bonchev–Trinajstić information content (AvgIpc) is 2.36. The van der Waals surface area contributed by atoms with Crippen molar-refractivity contribution in [3.05, 3.63) is 25.3 Å². The summed E-state index contributed by atoms with van der Waals surface area (Å²) in [6.07, 6.45) is 2.48. The molecule has 2 atom stereocenters. The Hall–Kier alpha value is -1.62. The van der Waals surface area contributed by atoms with Gasteiger partial charge in [0, 0.05) is 12.2 Å². The minimum atomic E-state index is -0.603. The van der Waals surface area contributed by atoms with Crippen molar-refractivity contribution < 1.29 is 24.2 Å². The van der Waals surface area contributed by atoms with Gasteiger partial charge in [-0.25, -0.2) is 9.59 Å². The Bertz CT molecular complexity index is 271. The summed E-state index contributed by atoms with van der Waals surface area (Å²) in [7, 11) is 0. The third-order valence-electron chi connectivity index (χ3n) is 1.69. The molecule has 0 aromatic rings. The van der Waals surface area contributed by atoms with E-state index in [0.717, 1.165) is 12.5 Å². The number of hydrogen-bond acceptors (Lipinski definition) is 5. The molecule has 0 fully saturated rings. The van der Waals surface area contributed by atoms with Crippen LogP contribution in [0.2, 0.25) is 0 Å². The molecule has 0 aromatic carbocycles. The molecule has 5 nitrogen and oxygen atoms in total. The van der Waals surface area contributed by atoms with Crippen LogP contribution in [0.1, 0.15) is 27.2 Å². The van der Waals surface area contributed by atoms with Crippen LogP contribution in [-0.4, -0.2) is 35.9 Å². The van der Waals surface area contributed by atoms with Gasteiger partial charge in [-0.05, 0) is 20.3 Å². The number of esters is 2. The zero-order valence-electron chi connectivity index (χ0n) is 11.2. The van der Waals surface area contributed by atoms with E-state index >= 15 is 0 Å². The second-order valence-electron chi connectivity index (χ2n) is 3.54. The van der Waals surface area contributed by atoms with Crippen molar-refractivity contribution in [1.29, 1.82) is 0 Å². The summed E-state index contributed by atoms with van der Waals surface area (Å²) in [5.74, 6) is -0.847. The maximum Gasteiger partial charge on any atom is 0.330 e. The van der Waals surface area contributed by atoms with E-state index < -0.39 is 12.1 Å². The SMILES string of the molecule is C=CC(=O)OC(C)CC.C=CC(=O)OCC(C)O. The van der Waals surface area contributed by atoms with Gasteiger partial charge in [-0.15, -0.1) is 0 Å². The highest BCUT2D eigenvalue weighted by molar-refractivity contribution is 5.81. The molecule has 0 saturated heterocycles. The van der Waals surface area contributed by atoms with Crippen molar-refractivity contribution in [3.8, 4) is 0 Å². The van der Waals surface area contributed by atoms with Gasteiger partial charge >= 0.3 is 11.9 Å². The number of ether oxygens (including phenoxy) is 2. The molecule has 0 amide bonds. The zero-order chi connectivity index (χ0) is 14.6. The molecule has 0 spiro atoms. The first-order valence-electron chi connectivity index (χ1n) is 5.67. The molecule has 0 bridgehead atoms. The van der Waals surface area contributed by atoms with E-state index in [-0.39, 0.29) is 18.7 Å². The van der Waals surface area contributed by atoms with Crippen LogP contribution in [0.25, 0.3) is 0 Å². The van der Waals surface area contributed by atoms with E-state index in [1.807, 2.05) is 13.8 Å². The lowest BCUT2D eigenvalue weighted by Crippen LogP contribution is -2.13. The summed E-state index contributed by atoms with van der Waals surface area (Å²) < 4.78 is 9.24. The Balaban J connectivity index is 0. The molecular formula is C13H22O5. The number of aliphatic hydroxyl groups excluding tert-OH is 1. The van der Waals surface area contributed by atoms with Crippen LogP contribution in [0.4, 0.5) is 0 Å². The smallest absolute Gasteiger partial charge is 0.330 e. The summed E-state index contributed by atoms with van der Waals surface area (Å²) in [5, 5.41) is 8.59. The number of carbonyl (C=O) groups is 2. The molecule has 0 aliphatic carbocycles. The van der Waals surface area contributed by atoms with Crippen molar-refractivity contribution >= 4 is 11.9 Å². The van der Waals surface area contributed by atoms with Gasteiger partial charge in [0.15, 0.2) is 0 Å². The predicted octanol–water partition coefficient (Wildman–Crippen LogP) is 1.61. The molecule has 0 aromatic heterocycles. The van der Waals surface area contributed by atoms with E-state index in [0.29, 0.717) is 0 Å². The highest BCUT2D eigenvalue weighted by Crippen LogP contribution is 1.95. The molecule has 0 radical (unpaired) electrons. The van der Waals surface area contributed by atoms with Crippen molar-refractivity contribution in [2.75, 3.05) is 6.61 Å².